The van der Waals surface area contributed by atoms with Crippen molar-refractivity contribution >= 4 is 38.3 Å². The standard InChI is InChI=1S/C33H43N3O21P2/c1-17-2-4-19-5-3-18(11-20(19)10-17)13-52-25(39)16-51-9-8-50-15-24(38)34-12-21-26(40)28(42)30(44)32(55-21)56-59(48,49)57-58(46,47)53-14-22-27(41)29(43)31(54-22)36-7-6-23(37)35-33(36)45/h2-7,10-11,21-22,26-32,40-44H,8-9,12-16H2,1H3,(H,34,38)(H,46,47)(H,48,49)(H,35,37,45)/t21-,22+,26-,27+,28-,29+,30-,31+,32+/m0/s1. The van der Waals surface area contributed by atoms with Crippen LogP contribution in [0.2, 0.25) is 0 Å². The summed E-state index contributed by atoms with van der Waals surface area (Å²) in [5.74, 6) is -1.38. The third-order valence-corrected chi connectivity index (χ3v) is 11.4. The van der Waals surface area contributed by atoms with Gasteiger partial charge in [0, 0.05) is 18.8 Å². The number of H-pyrrole nitrogens is 1. The lowest BCUT2D eigenvalue weighted by Crippen LogP contribution is -2.60. The molecule has 5 rings (SSSR count). The maximum Gasteiger partial charge on any atom is 0.483 e. The van der Waals surface area contributed by atoms with Crippen molar-refractivity contribution in [3.8, 4) is 0 Å². The Hall–Kier alpha value is -3.78. The van der Waals surface area contributed by atoms with Crippen LogP contribution < -0.4 is 16.6 Å². The number of aliphatic hydroxyl groups is 5. The first-order valence-corrected chi connectivity index (χ1v) is 20.6. The maximum absolute atomic E-state index is 12.6. The van der Waals surface area contributed by atoms with Gasteiger partial charge in [0.1, 0.15) is 62.5 Å². The molecule has 2 saturated heterocycles. The molecule has 2 fully saturated rings. The Morgan fingerprint density at radius 3 is 2.25 bits per heavy atom. The number of ether oxygens (including phenoxy) is 5. The number of fused-ring (bicyclic) bond motifs is 1. The molecule has 0 radical (unpaired) electrons. The van der Waals surface area contributed by atoms with E-state index >= 15 is 0 Å². The van der Waals surface area contributed by atoms with Crippen molar-refractivity contribution in [2.24, 2.45) is 0 Å². The molecular weight excluding hydrogens is 836 g/mol. The van der Waals surface area contributed by atoms with E-state index in [1.807, 2.05) is 48.3 Å². The summed E-state index contributed by atoms with van der Waals surface area (Å²) >= 11 is 0. The van der Waals surface area contributed by atoms with Gasteiger partial charge in [0.25, 0.3) is 5.56 Å². The molecule has 2 aliphatic rings. The average Bonchev–Trinajstić information content (AvgIpc) is 3.45. The SMILES string of the molecule is Cc1ccc2ccc(COC(=O)COCCOCC(=O)NC[C@@H]3O[C@H](OP(=O)(O)OP(=O)(O)OC[C@H]4O[C@@H](n5ccc(=O)[nH]c5=O)[C@H](O)[C@@H]4O)[C@@H](O)[C@@H](O)[C@H]3O)cc2c1. The number of aromatic amines is 1. The summed E-state index contributed by atoms with van der Waals surface area (Å²) in [6.07, 6.45) is -16.0. The van der Waals surface area contributed by atoms with Crippen LogP contribution in [-0.4, -0.2) is 145 Å². The topological polar surface area (TPSA) is 351 Å². The van der Waals surface area contributed by atoms with E-state index in [-0.39, 0.29) is 26.4 Å². The second kappa shape index (κ2) is 20.2. The predicted octanol–water partition coefficient (Wildman–Crippen LogP) is -2.43. The Balaban J connectivity index is 0.997. The van der Waals surface area contributed by atoms with E-state index in [0.717, 1.165) is 34.2 Å². The number of phosphoric acid groups is 2. The second-order valence-corrected chi connectivity index (χ2v) is 16.2. The second-order valence-electron chi connectivity index (χ2n) is 13.3. The van der Waals surface area contributed by atoms with E-state index < -0.39 is 114 Å². The molecule has 9 N–H and O–H groups in total. The summed E-state index contributed by atoms with van der Waals surface area (Å²) in [5, 5.41) is 55.9. The Morgan fingerprint density at radius 1 is 0.831 bits per heavy atom. The van der Waals surface area contributed by atoms with Crippen LogP contribution in [0.4, 0.5) is 0 Å². The fourth-order valence-electron chi connectivity index (χ4n) is 5.78. The number of hydrogen-bond donors (Lipinski definition) is 9. The lowest BCUT2D eigenvalue weighted by molar-refractivity contribution is -0.273. The molecule has 2 unspecified atom stereocenters. The molecule has 11 atom stereocenters. The monoisotopic (exact) mass is 879 g/mol. The van der Waals surface area contributed by atoms with Gasteiger partial charge in [-0.15, -0.1) is 0 Å². The molecule has 1 aromatic heterocycles. The van der Waals surface area contributed by atoms with Crippen LogP contribution in [0.5, 0.6) is 0 Å². The summed E-state index contributed by atoms with van der Waals surface area (Å²) in [5.41, 5.74) is 0.106. The minimum absolute atomic E-state index is 0.0455. The molecule has 0 saturated carbocycles. The zero-order valence-corrected chi connectivity index (χ0v) is 32.7. The van der Waals surface area contributed by atoms with E-state index in [4.69, 9.17) is 23.7 Å². The summed E-state index contributed by atoms with van der Waals surface area (Å²) in [4.78, 5) is 69.9. The third kappa shape index (κ3) is 12.9. The zero-order valence-electron chi connectivity index (χ0n) is 31.0. The van der Waals surface area contributed by atoms with Gasteiger partial charge in [-0.25, -0.2) is 18.7 Å². The molecule has 2 aliphatic heterocycles. The summed E-state index contributed by atoms with van der Waals surface area (Å²) in [7, 11) is -11.3. The van der Waals surface area contributed by atoms with Gasteiger partial charge in [0.15, 0.2) is 12.5 Å². The summed E-state index contributed by atoms with van der Waals surface area (Å²) in [6, 6.07) is 12.6. The molecule has 3 heterocycles. The van der Waals surface area contributed by atoms with Gasteiger partial charge in [-0.05, 0) is 29.3 Å². The normalized spacial score (nSPS) is 27.8. The van der Waals surface area contributed by atoms with Crippen molar-refractivity contribution in [3.05, 3.63) is 80.6 Å². The molecule has 24 nitrogen and oxygen atoms in total. The highest BCUT2D eigenvalue weighted by Crippen LogP contribution is 2.61. The van der Waals surface area contributed by atoms with E-state index in [1.54, 1.807) is 0 Å². The van der Waals surface area contributed by atoms with Gasteiger partial charge in [0.05, 0.1) is 19.8 Å². The predicted molar refractivity (Wildman–Crippen MR) is 195 cm³/mol. The highest BCUT2D eigenvalue weighted by atomic mass is 31.3. The van der Waals surface area contributed by atoms with Gasteiger partial charge >= 0.3 is 27.3 Å². The lowest BCUT2D eigenvalue weighted by Gasteiger charge is -2.40. The minimum atomic E-state index is -5.75. The molecular formula is C33H43N3O21P2. The number of aromatic nitrogens is 2. The van der Waals surface area contributed by atoms with Crippen molar-refractivity contribution in [3.63, 3.8) is 0 Å². The van der Waals surface area contributed by atoms with Gasteiger partial charge in [-0.2, -0.15) is 4.31 Å². The number of esters is 1. The van der Waals surface area contributed by atoms with E-state index in [1.165, 1.54) is 0 Å². The van der Waals surface area contributed by atoms with Gasteiger partial charge in [0.2, 0.25) is 5.91 Å². The molecule has 2 aromatic carbocycles. The lowest BCUT2D eigenvalue weighted by atomic mass is 9.99. The summed E-state index contributed by atoms with van der Waals surface area (Å²) in [6.45, 7) is -0.743. The van der Waals surface area contributed by atoms with Crippen LogP contribution in [0, 0.1) is 6.92 Å². The number of aliphatic hydroxyl groups excluding tert-OH is 5. The average molecular weight is 880 g/mol. The molecule has 1 amide bonds. The highest BCUT2D eigenvalue weighted by Gasteiger charge is 2.50. The number of aryl methyl sites for hydroxylation is 1. The number of carbonyl (C=O) groups excluding carboxylic acids is 2. The number of hydrogen-bond acceptors (Lipinski definition) is 19. The van der Waals surface area contributed by atoms with Crippen molar-refractivity contribution in [1.82, 2.24) is 14.9 Å². The third-order valence-electron chi connectivity index (χ3n) is 8.76. The minimum Gasteiger partial charge on any atom is -0.459 e. The van der Waals surface area contributed by atoms with E-state index in [2.05, 4.69) is 18.7 Å². The largest absolute Gasteiger partial charge is 0.483 e. The number of phosphoric ester groups is 2. The van der Waals surface area contributed by atoms with Crippen molar-refractivity contribution in [2.75, 3.05) is 39.6 Å². The number of amides is 1. The number of rotatable bonds is 19. The zero-order chi connectivity index (χ0) is 43.1. The number of carbonyl (C=O) groups is 2. The first-order chi connectivity index (χ1) is 27.8. The molecule has 0 bridgehead atoms. The van der Waals surface area contributed by atoms with Gasteiger partial charge in [-0.3, -0.25) is 28.2 Å². The van der Waals surface area contributed by atoms with Crippen LogP contribution in [0.1, 0.15) is 17.4 Å². The molecule has 326 valence electrons. The molecule has 0 spiro atoms. The fourth-order valence-corrected chi connectivity index (χ4v) is 7.94. The summed E-state index contributed by atoms with van der Waals surface area (Å²) < 4.78 is 65.4. The quantitative estimate of drug-likeness (QED) is 0.0343. The number of nitrogens with one attached hydrogen (secondary N) is 2. The Bertz CT molecular complexity index is 2150. The van der Waals surface area contributed by atoms with Crippen molar-refractivity contribution in [2.45, 2.75) is 68.8 Å². The Labute approximate surface area is 333 Å². The van der Waals surface area contributed by atoms with Crippen LogP contribution >= 0.6 is 15.6 Å². The number of benzene rings is 2. The Morgan fingerprint density at radius 2 is 1.53 bits per heavy atom. The van der Waals surface area contributed by atoms with Crippen LogP contribution in [0.3, 0.4) is 0 Å². The fraction of sp³-hybridized carbons (Fsp3) is 0.515. The van der Waals surface area contributed by atoms with Crippen LogP contribution in [0.15, 0.2) is 58.3 Å². The van der Waals surface area contributed by atoms with Crippen LogP contribution in [-0.2, 0) is 62.4 Å². The first kappa shape index (κ1) is 46.3. The Kier molecular flexibility index (Phi) is 15.8. The van der Waals surface area contributed by atoms with Crippen LogP contribution in [0.25, 0.3) is 10.8 Å². The first-order valence-electron chi connectivity index (χ1n) is 17.6. The van der Waals surface area contributed by atoms with Gasteiger partial charge in [-0.1, -0.05) is 35.9 Å². The van der Waals surface area contributed by atoms with E-state index in [9.17, 15) is 63.6 Å². The molecule has 0 aliphatic carbocycles. The maximum atomic E-state index is 12.6. The highest BCUT2D eigenvalue weighted by molar-refractivity contribution is 7.61. The smallest absolute Gasteiger partial charge is 0.459 e. The molecule has 59 heavy (non-hydrogen) atoms. The number of nitrogens with zero attached hydrogens (tertiary/aromatic N) is 1. The van der Waals surface area contributed by atoms with Crippen molar-refractivity contribution in [1.29, 1.82) is 0 Å². The van der Waals surface area contributed by atoms with Crippen molar-refractivity contribution < 1.29 is 91.1 Å². The van der Waals surface area contributed by atoms with E-state index in [0.29, 0.717) is 4.57 Å². The molecule has 26 heteroatoms. The molecule has 3 aromatic rings. The van der Waals surface area contributed by atoms with Gasteiger partial charge < -0.3 is 64.3 Å².